The molecule has 1 aromatic heterocycles. The maximum atomic E-state index is 13.1. The van der Waals surface area contributed by atoms with Crippen molar-refractivity contribution in [2.75, 3.05) is 19.6 Å². The largest absolute Gasteiger partial charge is 0.364 e. The van der Waals surface area contributed by atoms with Crippen molar-refractivity contribution < 1.29 is 18.0 Å². The Morgan fingerprint density at radius 2 is 1.76 bits per heavy atom. The third kappa shape index (κ3) is 3.30. The fourth-order valence-corrected chi connectivity index (χ4v) is 5.37. The fraction of sp³-hybridized carbons (Fsp3) is 0.625. The molecule has 8 nitrogen and oxygen atoms in total. The molecule has 0 spiro atoms. The predicted molar refractivity (Wildman–Crippen MR) is 91.3 cm³/mol. The summed E-state index contributed by atoms with van der Waals surface area (Å²) in [6, 6.07) is 0.623. The van der Waals surface area contributed by atoms with Crippen LogP contribution in [0.5, 0.6) is 0 Å². The van der Waals surface area contributed by atoms with Gasteiger partial charge in [0.05, 0.1) is 0 Å². The molecule has 25 heavy (non-hydrogen) atoms. The summed E-state index contributed by atoms with van der Waals surface area (Å²) in [6.45, 7) is 1.70. The van der Waals surface area contributed by atoms with E-state index in [0.29, 0.717) is 26.1 Å². The smallest absolute Gasteiger partial charge is 0.265 e. The van der Waals surface area contributed by atoms with Gasteiger partial charge in [-0.2, -0.15) is 4.31 Å². The Labute approximate surface area is 147 Å². The summed E-state index contributed by atoms with van der Waals surface area (Å²) in [5.41, 5.74) is 5.40. The molecular formula is C16H24N4O4S. The monoisotopic (exact) mass is 368 g/mol. The number of aromatic nitrogens is 1. The van der Waals surface area contributed by atoms with Gasteiger partial charge in [-0.1, -0.05) is 6.42 Å². The third-order valence-corrected chi connectivity index (χ3v) is 6.87. The van der Waals surface area contributed by atoms with Gasteiger partial charge in [-0.05, 0) is 31.7 Å². The van der Waals surface area contributed by atoms with E-state index in [1.165, 1.54) is 21.1 Å². The Balaban J connectivity index is 1.91. The molecule has 0 aliphatic carbocycles. The normalized spacial score (nSPS) is 22.3. The number of sulfonamides is 1. The van der Waals surface area contributed by atoms with Gasteiger partial charge in [0.15, 0.2) is 0 Å². The van der Waals surface area contributed by atoms with E-state index in [1.54, 1.807) is 11.9 Å². The van der Waals surface area contributed by atoms with Gasteiger partial charge in [0.1, 0.15) is 16.6 Å². The number of carbonyl (C=O) groups excluding carboxylic acids is 2. The van der Waals surface area contributed by atoms with E-state index in [-0.39, 0.29) is 16.5 Å². The number of hydrogen-bond acceptors (Lipinski definition) is 4. The van der Waals surface area contributed by atoms with Crippen molar-refractivity contribution in [2.45, 2.75) is 43.0 Å². The van der Waals surface area contributed by atoms with Gasteiger partial charge in [0, 0.05) is 32.9 Å². The number of aryl methyl sites for hydroxylation is 1. The minimum atomic E-state index is -3.86. The van der Waals surface area contributed by atoms with Crippen LogP contribution in [0.15, 0.2) is 17.2 Å². The molecule has 2 aliphatic heterocycles. The average Bonchev–Trinajstić information content (AvgIpc) is 3.24. The highest BCUT2D eigenvalue weighted by Gasteiger charge is 2.40. The molecule has 2 N–H and O–H groups in total. The lowest BCUT2D eigenvalue weighted by Crippen LogP contribution is -2.52. The molecule has 2 fully saturated rings. The topological polar surface area (TPSA) is 106 Å². The van der Waals surface area contributed by atoms with Crippen LogP contribution in [0.3, 0.4) is 0 Å². The molecule has 2 aliphatic rings. The zero-order valence-corrected chi connectivity index (χ0v) is 15.2. The molecule has 9 heteroatoms. The summed E-state index contributed by atoms with van der Waals surface area (Å²) in [5.74, 6) is -0.792. The summed E-state index contributed by atoms with van der Waals surface area (Å²) in [6.07, 6.45) is 5.39. The minimum absolute atomic E-state index is 0.00456. The zero-order chi connectivity index (χ0) is 18.2. The van der Waals surface area contributed by atoms with E-state index >= 15 is 0 Å². The van der Waals surface area contributed by atoms with E-state index in [2.05, 4.69) is 0 Å². The number of primary amides is 1. The number of hydrogen-bond donors (Lipinski definition) is 1. The Morgan fingerprint density at radius 3 is 2.36 bits per heavy atom. The van der Waals surface area contributed by atoms with Gasteiger partial charge >= 0.3 is 0 Å². The first kappa shape index (κ1) is 17.9. The molecule has 0 bridgehead atoms. The lowest BCUT2D eigenvalue weighted by atomic mass is 10.0. The van der Waals surface area contributed by atoms with E-state index in [4.69, 9.17) is 5.73 Å². The zero-order valence-electron chi connectivity index (χ0n) is 14.3. The molecule has 3 heterocycles. The van der Waals surface area contributed by atoms with Gasteiger partial charge in [-0.25, -0.2) is 8.42 Å². The standard InChI is InChI=1S/C16H24N4O4S/c1-18-11-12(10-14(18)15(17)21)25(23,24)20-9-3-2-6-13(20)16(22)19-7-4-5-8-19/h10-11,13H,2-9H2,1H3,(H2,17,21). The number of amides is 2. The highest BCUT2D eigenvalue weighted by atomic mass is 32.2. The third-order valence-electron chi connectivity index (χ3n) is 5.00. The molecule has 2 amide bonds. The Bertz CT molecular complexity index is 780. The van der Waals surface area contributed by atoms with Gasteiger partial charge in [0.25, 0.3) is 5.91 Å². The molecule has 0 aromatic carbocycles. The SMILES string of the molecule is Cn1cc(S(=O)(=O)N2CCCCC2C(=O)N2CCCC2)cc1C(N)=O. The summed E-state index contributed by atoms with van der Waals surface area (Å²) < 4.78 is 28.9. The summed E-state index contributed by atoms with van der Waals surface area (Å²) in [5, 5.41) is 0. The van der Waals surface area contributed by atoms with Gasteiger partial charge in [0.2, 0.25) is 15.9 Å². The molecule has 1 atom stereocenters. The van der Waals surface area contributed by atoms with Gasteiger partial charge in [-0.3, -0.25) is 9.59 Å². The summed E-state index contributed by atoms with van der Waals surface area (Å²) in [4.78, 5) is 26.0. The highest BCUT2D eigenvalue weighted by molar-refractivity contribution is 7.89. The first-order valence-corrected chi connectivity index (χ1v) is 10.0. The molecule has 1 aromatic rings. The number of nitrogens with two attached hydrogens (primary N) is 1. The maximum Gasteiger partial charge on any atom is 0.265 e. The first-order chi connectivity index (χ1) is 11.8. The second-order valence-corrected chi connectivity index (χ2v) is 8.59. The van der Waals surface area contributed by atoms with Crippen LogP contribution in [0.2, 0.25) is 0 Å². The van der Waals surface area contributed by atoms with Crippen LogP contribution in [-0.2, 0) is 21.9 Å². The summed E-state index contributed by atoms with van der Waals surface area (Å²) >= 11 is 0. The predicted octanol–water partition coefficient (Wildman–Crippen LogP) is 0.290. The van der Waals surface area contributed by atoms with E-state index in [9.17, 15) is 18.0 Å². The maximum absolute atomic E-state index is 13.1. The van der Waals surface area contributed by atoms with Crippen LogP contribution >= 0.6 is 0 Å². The van der Waals surface area contributed by atoms with E-state index in [0.717, 1.165) is 25.7 Å². The van der Waals surface area contributed by atoms with Crippen molar-refractivity contribution in [1.82, 2.24) is 13.8 Å². The van der Waals surface area contributed by atoms with Crippen molar-refractivity contribution in [1.29, 1.82) is 0 Å². The number of likely N-dealkylation sites (tertiary alicyclic amines) is 1. The highest BCUT2D eigenvalue weighted by Crippen LogP contribution is 2.28. The van der Waals surface area contributed by atoms with Crippen LogP contribution < -0.4 is 5.73 Å². The van der Waals surface area contributed by atoms with Crippen molar-refractivity contribution in [3.05, 3.63) is 18.0 Å². The number of rotatable bonds is 4. The molecule has 2 saturated heterocycles. The number of carbonyl (C=O) groups is 2. The molecular weight excluding hydrogens is 344 g/mol. The first-order valence-electron chi connectivity index (χ1n) is 8.59. The van der Waals surface area contributed by atoms with E-state index < -0.39 is 22.0 Å². The summed E-state index contributed by atoms with van der Waals surface area (Å²) in [7, 11) is -2.29. The Hall–Kier alpha value is -1.87. The van der Waals surface area contributed by atoms with Crippen molar-refractivity contribution >= 4 is 21.8 Å². The number of piperidine rings is 1. The quantitative estimate of drug-likeness (QED) is 0.824. The Kier molecular flexibility index (Phi) is 4.88. The molecule has 3 rings (SSSR count). The molecule has 1 unspecified atom stereocenters. The molecule has 0 saturated carbocycles. The lowest BCUT2D eigenvalue weighted by Gasteiger charge is -2.35. The second-order valence-electron chi connectivity index (χ2n) is 6.70. The van der Waals surface area contributed by atoms with Crippen molar-refractivity contribution in [3.63, 3.8) is 0 Å². The number of nitrogens with zero attached hydrogens (tertiary/aromatic N) is 3. The average molecular weight is 368 g/mol. The van der Waals surface area contributed by atoms with E-state index in [1.807, 2.05) is 0 Å². The second kappa shape index (κ2) is 6.80. The van der Waals surface area contributed by atoms with Crippen LogP contribution in [-0.4, -0.2) is 59.7 Å². The van der Waals surface area contributed by atoms with Gasteiger partial charge < -0.3 is 15.2 Å². The van der Waals surface area contributed by atoms with Crippen LogP contribution in [0, 0.1) is 0 Å². The minimum Gasteiger partial charge on any atom is -0.364 e. The van der Waals surface area contributed by atoms with Gasteiger partial charge in [-0.15, -0.1) is 0 Å². The fourth-order valence-electron chi connectivity index (χ4n) is 3.64. The molecule has 138 valence electrons. The van der Waals surface area contributed by atoms with Crippen LogP contribution in [0.4, 0.5) is 0 Å². The van der Waals surface area contributed by atoms with Crippen molar-refractivity contribution in [3.8, 4) is 0 Å². The Morgan fingerprint density at radius 1 is 1.12 bits per heavy atom. The van der Waals surface area contributed by atoms with Crippen LogP contribution in [0.1, 0.15) is 42.6 Å². The molecule has 0 radical (unpaired) electrons. The van der Waals surface area contributed by atoms with Crippen LogP contribution in [0.25, 0.3) is 0 Å². The van der Waals surface area contributed by atoms with Crippen molar-refractivity contribution in [2.24, 2.45) is 12.8 Å². The lowest BCUT2D eigenvalue weighted by molar-refractivity contribution is -0.135.